The van der Waals surface area contributed by atoms with Gasteiger partial charge in [0.1, 0.15) is 5.75 Å². The molecule has 1 aromatic heterocycles. The van der Waals surface area contributed by atoms with Gasteiger partial charge in [0.25, 0.3) is 5.88 Å². The molecule has 9 heteroatoms. The lowest BCUT2D eigenvalue weighted by Crippen LogP contribution is -2.24. The number of benzene rings is 2. The number of nitrogens with zero attached hydrogens (tertiary/aromatic N) is 3. The second-order valence-electron chi connectivity index (χ2n) is 4.83. The molecular weight excluding hydrogens is 365 g/mol. The van der Waals surface area contributed by atoms with E-state index in [1.807, 2.05) is 30.3 Å². The number of nitrogens with two attached hydrogens (primary N) is 1. The zero-order valence-electron chi connectivity index (χ0n) is 12.6. The first-order chi connectivity index (χ1) is 12.0. The number of rotatable bonds is 4. The van der Waals surface area contributed by atoms with Gasteiger partial charge in [0.15, 0.2) is 5.11 Å². The van der Waals surface area contributed by atoms with Crippen molar-refractivity contribution in [3.05, 3.63) is 59.3 Å². The number of fused-ring (bicyclic) bond motifs is 1. The molecule has 0 aliphatic carbocycles. The average Bonchev–Trinajstić information content (AvgIpc) is 2.59. The van der Waals surface area contributed by atoms with Crippen LogP contribution in [0.3, 0.4) is 0 Å². The van der Waals surface area contributed by atoms with Crippen LogP contribution in [0.5, 0.6) is 11.6 Å². The second kappa shape index (κ2) is 7.37. The lowest BCUT2D eigenvalue weighted by atomic mass is 10.0. The highest BCUT2D eigenvalue weighted by atomic mass is 35.5. The largest absolute Gasteiger partial charge is 0.436 e. The zero-order chi connectivity index (χ0) is 17.8. The van der Waals surface area contributed by atoms with Crippen LogP contribution < -0.4 is 15.9 Å². The van der Waals surface area contributed by atoms with Crippen molar-refractivity contribution in [3.63, 3.8) is 0 Å². The third-order valence-corrected chi connectivity index (χ3v) is 3.46. The topological polar surface area (TPSA) is 85.4 Å². The Balaban J connectivity index is 2.08. The van der Waals surface area contributed by atoms with Crippen LogP contribution in [0.4, 0.5) is 4.39 Å². The van der Waals surface area contributed by atoms with Gasteiger partial charge in [-0.2, -0.15) is 14.5 Å². The Morgan fingerprint density at radius 3 is 2.92 bits per heavy atom. The lowest BCUT2D eigenvalue weighted by molar-refractivity contribution is 0.420. The summed E-state index contributed by atoms with van der Waals surface area (Å²) in [5.74, 6) is -0.685. The average molecular weight is 376 g/mol. The molecule has 3 N–H and O–H groups in total. The first-order valence-corrected chi connectivity index (χ1v) is 7.79. The van der Waals surface area contributed by atoms with Gasteiger partial charge in [-0.05, 0) is 40.7 Å². The summed E-state index contributed by atoms with van der Waals surface area (Å²) in [6.45, 7) is 0. The molecule has 0 aliphatic heterocycles. The summed E-state index contributed by atoms with van der Waals surface area (Å²) in [4.78, 5) is 7.31. The van der Waals surface area contributed by atoms with E-state index in [2.05, 4.69) is 20.5 Å². The van der Waals surface area contributed by atoms with Crippen molar-refractivity contribution in [2.75, 3.05) is 0 Å². The van der Waals surface area contributed by atoms with Gasteiger partial charge in [0, 0.05) is 5.56 Å². The first-order valence-electron chi connectivity index (χ1n) is 7.01. The van der Waals surface area contributed by atoms with E-state index in [4.69, 9.17) is 34.3 Å². The maximum atomic E-state index is 13.9. The monoisotopic (exact) mass is 375 g/mol. The van der Waals surface area contributed by atoms with Crippen LogP contribution >= 0.6 is 23.8 Å². The molecular formula is C16H11ClFN5OS. The number of hydrazone groups is 1. The van der Waals surface area contributed by atoms with E-state index in [0.717, 1.165) is 17.0 Å². The highest BCUT2D eigenvalue weighted by Crippen LogP contribution is 2.31. The van der Waals surface area contributed by atoms with Crippen molar-refractivity contribution in [3.8, 4) is 11.6 Å². The molecule has 0 spiro atoms. The SMILES string of the molecule is NC(=S)N/N=C/c1c(Oc2nc(Cl)ncc2F)ccc2ccccc12. The molecule has 25 heavy (non-hydrogen) atoms. The summed E-state index contributed by atoms with van der Waals surface area (Å²) < 4.78 is 19.5. The van der Waals surface area contributed by atoms with Crippen molar-refractivity contribution in [1.29, 1.82) is 0 Å². The number of hydrogen-bond donors (Lipinski definition) is 2. The van der Waals surface area contributed by atoms with Gasteiger partial charge >= 0.3 is 0 Å². The van der Waals surface area contributed by atoms with Crippen LogP contribution in [0.1, 0.15) is 5.56 Å². The molecule has 3 rings (SSSR count). The summed E-state index contributed by atoms with van der Waals surface area (Å²) in [7, 11) is 0. The fourth-order valence-electron chi connectivity index (χ4n) is 2.17. The third kappa shape index (κ3) is 3.98. The molecule has 3 aromatic rings. The van der Waals surface area contributed by atoms with Crippen molar-refractivity contribution in [2.24, 2.45) is 10.8 Å². The summed E-state index contributed by atoms with van der Waals surface area (Å²) in [6.07, 6.45) is 2.42. The molecule has 0 amide bonds. The number of thiocarbonyl (C=S) groups is 1. The Bertz CT molecular complexity index is 982. The van der Waals surface area contributed by atoms with E-state index in [-0.39, 0.29) is 16.3 Å². The maximum absolute atomic E-state index is 13.9. The van der Waals surface area contributed by atoms with Crippen LogP contribution in [0.25, 0.3) is 10.8 Å². The quantitative estimate of drug-likeness (QED) is 0.315. The normalized spacial score (nSPS) is 11.0. The maximum Gasteiger partial charge on any atom is 0.260 e. The Hall–Kier alpha value is -2.84. The summed E-state index contributed by atoms with van der Waals surface area (Å²) in [5, 5.41) is 5.65. The molecule has 2 aromatic carbocycles. The number of ether oxygens (including phenoxy) is 1. The molecule has 0 bridgehead atoms. The van der Waals surface area contributed by atoms with Crippen molar-refractivity contribution in [2.45, 2.75) is 0 Å². The number of aromatic nitrogens is 2. The predicted octanol–water partition coefficient (Wildman–Crippen LogP) is 3.38. The summed E-state index contributed by atoms with van der Waals surface area (Å²) >= 11 is 10.4. The van der Waals surface area contributed by atoms with Crippen molar-refractivity contribution in [1.82, 2.24) is 15.4 Å². The molecule has 6 nitrogen and oxygen atoms in total. The van der Waals surface area contributed by atoms with Gasteiger partial charge in [-0.15, -0.1) is 0 Å². The minimum Gasteiger partial charge on any atom is -0.436 e. The highest BCUT2D eigenvalue weighted by molar-refractivity contribution is 7.80. The number of hydrogen-bond acceptors (Lipinski definition) is 5. The smallest absolute Gasteiger partial charge is 0.260 e. The van der Waals surface area contributed by atoms with E-state index < -0.39 is 5.82 Å². The molecule has 0 saturated heterocycles. The molecule has 0 fully saturated rings. The Kier molecular flexibility index (Phi) is 5.01. The van der Waals surface area contributed by atoms with Crippen LogP contribution in [-0.2, 0) is 0 Å². The summed E-state index contributed by atoms with van der Waals surface area (Å²) in [5.41, 5.74) is 8.43. The lowest BCUT2D eigenvalue weighted by Gasteiger charge is -2.11. The minimum atomic E-state index is -0.735. The number of nitrogens with one attached hydrogen (secondary N) is 1. The van der Waals surface area contributed by atoms with Gasteiger partial charge in [-0.3, -0.25) is 5.43 Å². The Morgan fingerprint density at radius 1 is 1.32 bits per heavy atom. The van der Waals surface area contributed by atoms with Gasteiger partial charge < -0.3 is 10.5 Å². The van der Waals surface area contributed by atoms with Gasteiger partial charge in [-0.25, -0.2) is 4.98 Å². The zero-order valence-corrected chi connectivity index (χ0v) is 14.2. The number of halogens is 2. The molecule has 0 radical (unpaired) electrons. The third-order valence-electron chi connectivity index (χ3n) is 3.19. The Labute approximate surface area is 152 Å². The van der Waals surface area contributed by atoms with Gasteiger partial charge in [0.2, 0.25) is 11.1 Å². The van der Waals surface area contributed by atoms with Crippen LogP contribution in [0.15, 0.2) is 47.7 Å². The van der Waals surface area contributed by atoms with Crippen molar-refractivity contribution >= 4 is 45.9 Å². The molecule has 0 unspecified atom stereocenters. The van der Waals surface area contributed by atoms with Crippen LogP contribution in [0.2, 0.25) is 5.28 Å². The fraction of sp³-hybridized carbons (Fsp3) is 0. The Morgan fingerprint density at radius 2 is 2.12 bits per heavy atom. The summed E-state index contributed by atoms with van der Waals surface area (Å²) in [6, 6.07) is 11.1. The van der Waals surface area contributed by atoms with Crippen LogP contribution in [0, 0.1) is 5.82 Å². The second-order valence-corrected chi connectivity index (χ2v) is 5.60. The van der Waals surface area contributed by atoms with Gasteiger partial charge in [0.05, 0.1) is 12.4 Å². The van der Waals surface area contributed by atoms with Crippen molar-refractivity contribution < 1.29 is 9.13 Å². The first kappa shape index (κ1) is 17.0. The van der Waals surface area contributed by atoms with Gasteiger partial charge in [-0.1, -0.05) is 30.3 Å². The minimum absolute atomic E-state index is 0.0209. The highest BCUT2D eigenvalue weighted by Gasteiger charge is 2.13. The van der Waals surface area contributed by atoms with E-state index in [0.29, 0.717) is 11.3 Å². The fourth-order valence-corrected chi connectivity index (χ4v) is 2.34. The standard InChI is InChI=1S/C16H11ClFN5OS/c17-15-20-8-12(18)14(22-15)24-13-6-5-9-3-1-2-4-10(9)11(13)7-21-23-16(19)25/h1-8H,(H3,19,23,25)/b21-7+. The van der Waals surface area contributed by atoms with E-state index in [1.54, 1.807) is 6.07 Å². The molecule has 0 saturated carbocycles. The molecule has 0 aliphatic rings. The molecule has 0 atom stereocenters. The van der Waals surface area contributed by atoms with Crippen LogP contribution in [-0.4, -0.2) is 21.3 Å². The van der Waals surface area contributed by atoms with E-state index in [1.165, 1.54) is 6.21 Å². The predicted molar refractivity (Wildman–Crippen MR) is 98.5 cm³/mol. The molecule has 1 heterocycles. The van der Waals surface area contributed by atoms with E-state index in [9.17, 15) is 4.39 Å². The molecule has 126 valence electrons. The van der Waals surface area contributed by atoms with E-state index >= 15 is 0 Å².